The number of hydrogen-bond donors (Lipinski definition) is 1. The summed E-state index contributed by atoms with van der Waals surface area (Å²) in [4.78, 5) is 6.70. The van der Waals surface area contributed by atoms with Crippen molar-refractivity contribution in [1.82, 2.24) is 0 Å². The Hall–Kier alpha value is -1.55. The number of aliphatic imine (C=N–C) groups is 1. The second kappa shape index (κ2) is 4.28. The Morgan fingerprint density at radius 2 is 2.00 bits per heavy atom. The lowest BCUT2D eigenvalue weighted by Crippen LogP contribution is -2.55. The molecular weight excluding hydrogens is 226 g/mol. The van der Waals surface area contributed by atoms with Gasteiger partial charge in [-0.2, -0.15) is 0 Å². The summed E-state index contributed by atoms with van der Waals surface area (Å²) in [5, 5.41) is 0. The van der Waals surface area contributed by atoms with Crippen molar-refractivity contribution in [3.8, 4) is 0 Å². The molecule has 0 aromatic heterocycles. The van der Waals surface area contributed by atoms with Gasteiger partial charge in [0.25, 0.3) is 0 Å². The van der Waals surface area contributed by atoms with Crippen molar-refractivity contribution in [3.63, 3.8) is 0 Å². The number of guanidine groups is 1. The minimum atomic E-state index is 0.0362. The van der Waals surface area contributed by atoms with E-state index in [1.54, 1.807) is 0 Å². The summed E-state index contributed by atoms with van der Waals surface area (Å²) in [5.41, 5.74) is 8.57. The van der Waals surface area contributed by atoms with Crippen LogP contribution in [0, 0.1) is 6.92 Å². The average molecular weight is 245 g/mol. The van der Waals surface area contributed by atoms with E-state index in [2.05, 4.69) is 41.1 Å². The second-order valence-electron chi connectivity index (χ2n) is 5.13. The third-order valence-electron chi connectivity index (χ3n) is 4.02. The van der Waals surface area contributed by atoms with Crippen molar-refractivity contribution in [1.29, 1.82) is 0 Å². The van der Waals surface area contributed by atoms with E-state index in [9.17, 15) is 0 Å². The highest BCUT2D eigenvalue weighted by molar-refractivity contribution is 5.99. The predicted molar refractivity (Wildman–Crippen MR) is 72.9 cm³/mol. The number of rotatable bonds is 1. The van der Waals surface area contributed by atoms with Gasteiger partial charge in [-0.3, -0.25) is 4.99 Å². The van der Waals surface area contributed by atoms with Gasteiger partial charge in [-0.1, -0.05) is 18.2 Å². The van der Waals surface area contributed by atoms with Gasteiger partial charge in [0.05, 0.1) is 12.1 Å². The lowest BCUT2D eigenvalue weighted by Gasteiger charge is -2.42. The second-order valence-corrected chi connectivity index (χ2v) is 5.13. The first-order valence-corrected chi connectivity index (χ1v) is 6.46. The van der Waals surface area contributed by atoms with Gasteiger partial charge in [0.15, 0.2) is 5.96 Å². The smallest absolute Gasteiger partial charge is 0.196 e. The fourth-order valence-corrected chi connectivity index (χ4v) is 2.94. The summed E-state index contributed by atoms with van der Waals surface area (Å²) in [7, 11) is 0. The van der Waals surface area contributed by atoms with Gasteiger partial charge in [-0.15, -0.1) is 0 Å². The Balaban J connectivity index is 2.01. The molecular formula is C14H19N3O. The van der Waals surface area contributed by atoms with Gasteiger partial charge in [0.1, 0.15) is 0 Å². The van der Waals surface area contributed by atoms with Gasteiger partial charge in [-0.05, 0) is 31.4 Å². The molecule has 0 radical (unpaired) electrons. The first kappa shape index (κ1) is 11.5. The highest BCUT2D eigenvalue weighted by Crippen LogP contribution is 2.37. The molecule has 0 saturated carbocycles. The van der Waals surface area contributed by atoms with Crippen LogP contribution in [0.4, 0.5) is 5.69 Å². The number of aryl methyl sites for hydroxylation is 1. The number of anilines is 1. The number of hydrogen-bond acceptors (Lipinski definition) is 4. The van der Waals surface area contributed by atoms with Crippen LogP contribution in [0.3, 0.4) is 0 Å². The maximum absolute atomic E-state index is 6.12. The fourth-order valence-electron chi connectivity index (χ4n) is 2.94. The lowest BCUT2D eigenvalue weighted by atomic mass is 9.88. The molecule has 0 bridgehead atoms. The highest BCUT2D eigenvalue weighted by Gasteiger charge is 2.44. The summed E-state index contributed by atoms with van der Waals surface area (Å²) in [6.07, 6.45) is 1.98. The predicted octanol–water partition coefficient (Wildman–Crippen LogP) is 1.68. The maximum atomic E-state index is 6.12. The number of para-hydroxylation sites is 1. The van der Waals surface area contributed by atoms with Gasteiger partial charge in [-0.25, -0.2) is 0 Å². The minimum Gasteiger partial charge on any atom is -0.381 e. The number of benzene rings is 1. The first-order valence-electron chi connectivity index (χ1n) is 6.46. The molecule has 2 aliphatic heterocycles. The Kier molecular flexibility index (Phi) is 2.74. The molecule has 1 spiro atoms. The zero-order chi connectivity index (χ0) is 12.6. The Bertz CT molecular complexity index is 478. The van der Waals surface area contributed by atoms with Crippen LogP contribution in [-0.2, 0) is 4.74 Å². The minimum absolute atomic E-state index is 0.0362. The van der Waals surface area contributed by atoms with Gasteiger partial charge in [0.2, 0.25) is 0 Å². The van der Waals surface area contributed by atoms with Gasteiger partial charge in [0, 0.05) is 18.9 Å². The molecule has 4 nitrogen and oxygen atoms in total. The molecule has 18 heavy (non-hydrogen) atoms. The fraction of sp³-hybridized carbons (Fsp3) is 0.500. The average Bonchev–Trinajstić information content (AvgIpc) is 2.69. The van der Waals surface area contributed by atoms with Crippen LogP contribution in [0.5, 0.6) is 0 Å². The van der Waals surface area contributed by atoms with E-state index in [4.69, 9.17) is 10.5 Å². The van der Waals surface area contributed by atoms with Crippen LogP contribution in [-0.4, -0.2) is 31.3 Å². The number of ether oxygens (including phenoxy) is 1. The zero-order valence-corrected chi connectivity index (χ0v) is 10.7. The van der Waals surface area contributed by atoms with Crippen molar-refractivity contribution >= 4 is 11.6 Å². The number of nitrogens with two attached hydrogens (primary N) is 1. The highest BCUT2D eigenvalue weighted by atomic mass is 16.5. The van der Waals surface area contributed by atoms with Crippen molar-refractivity contribution in [2.45, 2.75) is 25.3 Å². The third-order valence-corrected chi connectivity index (χ3v) is 4.02. The van der Waals surface area contributed by atoms with E-state index in [0.29, 0.717) is 5.96 Å². The molecule has 1 aromatic carbocycles. The van der Waals surface area contributed by atoms with Crippen LogP contribution in [0.25, 0.3) is 0 Å². The molecule has 96 valence electrons. The van der Waals surface area contributed by atoms with E-state index in [1.807, 2.05) is 0 Å². The van der Waals surface area contributed by atoms with E-state index >= 15 is 0 Å². The van der Waals surface area contributed by atoms with Gasteiger partial charge < -0.3 is 15.4 Å². The van der Waals surface area contributed by atoms with Crippen LogP contribution in [0.15, 0.2) is 29.3 Å². The monoisotopic (exact) mass is 245 g/mol. The van der Waals surface area contributed by atoms with Crippen LogP contribution in [0.2, 0.25) is 0 Å². The maximum Gasteiger partial charge on any atom is 0.196 e. The van der Waals surface area contributed by atoms with Crippen LogP contribution < -0.4 is 10.6 Å². The van der Waals surface area contributed by atoms with E-state index in [-0.39, 0.29) is 5.54 Å². The summed E-state index contributed by atoms with van der Waals surface area (Å²) < 4.78 is 5.49. The Morgan fingerprint density at radius 3 is 2.72 bits per heavy atom. The molecule has 0 atom stereocenters. The van der Waals surface area contributed by atoms with E-state index < -0.39 is 0 Å². The molecule has 1 aromatic rings. The van der Waals surface area contributed by atoms with Crippen LogP contribution >= 0.6 is 0 Å². The molecule has 1 fully saturated rings. The molecule has 2 aliphatic rings. The molecule has 1 saturated heterocycles. The standard InChI is InChI=1S/C14H19N3O/c1-11-4-2-3-5-12(11)17-13(15)16-10-14(17)6-8-18-9-7-14/h2-5H,6-10H2,1H3,(H2,15,16). The summed E-state index contributed by atoms with van der Waals surface area (Å²) in [6, 6.07) is 8.36. The third kappa shape index (κ3) is 1.68. The molecule has 2 heterocycles. The van der Waals surface area contributed by atoms with Crippen molar-refractivity contribution < 1.29 is 4.74 Å². The van der Waals surface area contributed by atoms with Gasteiger partial charge >= 0.3 is 0 Å². The molecule has 0 aliphatic carbocycles. The molecule has 2 N–H and O–H groups in total. The van der Waals surface area contributed by atoms with Crippen molar-refractivity contribution in [2.24, 2.45) is 10.7 Å². The first-order chi connectivity index (χ1) is 8.73. The molecule has 3 rings (SSSR count). The lowest BCUT2D eigenvalue weighted by molar-refractivity contribution is 0.0594. The van der Waals surface area contributed by atoms with E-state index in [1.165, 1.54) is 11.3 Å². The Morgan fingerprint density at radius 1 is 1.28 bits per heavy atom. The normalized spacial score (nSPS) is 22.3. The number of nitrogens with zero attached hydrogens (tertiary/aromatic N) is 2. The quantitative estimate of drug-likeness (QED) is 0.819. The van der Waals surface area contributed by atoms with Crippen LogP contribution in [0.1, 0.15) is 18.4 Å². The Labute approximate surface area is 107 Å². The zero-order valence-electron chi connectivity index (χ0n) is 10.7. The largest absolute Gasteiger partial charge is 0.381 e. The molecule has 4 heteroatoms. The SMILES string of the molecule is Cc1ccccc1N1C(N)=NCC12CCOCC2. The van der Waals surface area contributed by atoms with Crippen molar-refractivity contribution in [3.05, 3.63) is 29.8 Å². The van der Waals surface area contributed by atoms with E-state index in [0.717, 1.165) is 32.6 Å². The molecule has 0 unspecified atom stereocenters. The summed E-state index contributed by atoms with van der Waals surface area (Å²) in [6.45, 7) is 4.50. The summed E-state index contributed by atoms with van der Waals surface area (Å²) >= 11 is 0. The summed E-state index contributed by atoms with van der Waals surface area (Å²) in [5.74, 6) is 0.645. The molecule has 0 amide bonds. The van der Waals surface area contributed by atoms with Crippen molar-refractivity contribution in [2.75, 3.05) is 24.7 Å². The topological polar surface area (TPSA) is 50.8 Å².